The van der Waals surface area contributed by atoms with Crippen molar-refractivity contribution in [1.82, 2.24) is 0 Å². The molecular formula is C13H21NO. The van der Waals surface area contributed by atoms with E-state index in [1.54, 1.807) is 13.8 Å². The molecule has 3 N–H and O–H groups in total. The monoisotopic (exact) mass is 207 g/mol. The summed E-state index contributed by atoms with van der Waals surface area (Å²) in [4.78, 5) is 0. The summed E-state index contributed by atoms with van der Waals surface area (Å²) < 4.78 is 0. The SMILES string of the molecule is Cc1c(N)cc(C(C)(C)O)cc1C(C)C. The number of nitrogen functional groups attached to an aromatic ring is 1. The molecule has 0 aliphatic rings. The third kappa shape index (κ3) is 2.51. The van der Waals surface area contributed by atoms with E-state index in [1.165, 1.54) is 5.56 Å². The molecule has 1 aromatic carbocycles. The van der Waals surface area contributed by atoms with Crippen LogP contribution in [0.3, 0.4) is 0 Å². The number of nitrogens with two attached hydrogens (primary N) is 1. The topological polar surface area (TPSA) is 46.2 Å². The lowest BCUT2D eigenvalue weighted by molar-refractivity contribution is 0.0785. The van der Waals surface area contributed by atoms with Gasteiger partial charge in [-0.25, -0.2) is 0 Å². The summed E-state index contributed by atoms with van der Waals surface area (Å²) in [6.07, 6.45) is 0. The van der Waals surface area contributed by atoms with Gasteiger partial charge in [-0.05, 0) is 49.4 Å². The molecule has 0 bridgehead atoms. The largest absolute Gasteiger partial charge is 0.398 e. The Kier molecular flexibility index (Phi) is 3.10. The Morgan fingerprint density at radius 2 is 1.80 bits per heavy atom. The predicted molar refractivity (Wildman–Crippen MR) is 64.9 cm³/mol. The molecule has 1 rings (SSSR count). The summed E-state index contributed by atoms with van der Waals surface area (Å²) in [5.41, 5.74) is 9.10. The molecule has 0 aliphatic heterocycles. The quantitative estimate of drug-likeness (QED) is 0.732. The fraction of sp³-hybridized carbons (Fsp3) is 0.538. The molecule has 0 unspecified atom stereocenters. The molecule has 0 saturated heterocycles. The van der Waals surface area contributed by atoms with Crippen molar-refractivity contribution in [3.63, 3.8) is 0 Å². The van der Waals surface area contributed by atoms with E-state index in [1.807, 2.05) is 13.0 Å². The van der Waals surface area contributed by atoms with Crippen LogP contribution in [-0.2, 0) is 5.60 Å². The van der Waals surface area contributed by atoms with Crippen LogP contribution in [0, 0.1) is 6.92 Å². The third-order valence-electron chi connectivity index (χ3n) is 2.82. The van der Waals surface area contributed by atoms with Gasteiger partial charge in [0, 0.05) is 5.69 Å². The Morgan fingerprint density at radius 3 is 2.20 bits per heavy atom. The number of aliphatic hydroxyl groups is 1. The van der Waals surface area contributed by atoms with E-state index in [4.69, 9.17) is 5.73 Å². The first-order valence-corrected chi connectivity index (χ1v) is 5.36. The van der Waals surface area contributed by atoms with E-state index < -0.39 is 5.60 Å². The highest BCUT2D eigenvalue weighted by atomic mass is 16.3. The van der Waals surface area contributed by atoms with Gasteiger partial charge in [0.1, 0.15) is 0 Å². The van der Waals surface area contributed by atoms with Crippen LogP contribution < -0.4 is 5.73 Å². The smallest absolute Gasteiger partial charge is 0.0841 e. The van der Waals surface area contributed by atoms with Crippen LogP contribution in [0.1, 0.15) is 50.3 Å². The van der Waals surface area contributed by atoms with Crippen molar-refractivity contribution in [3.8, 4) is 0 Å². The fourth-order valence-corrected chi connectivity index (χ4v) is 1.71. The first-order valence-electron chi connectivity index (χ1n) is 5.36. The van der Waals surface area contributed by atoms with Crippen molar-refractivity contribution >= 4 is 5.69 Å². The minimum atomic E-state index is -0.828. The van der Waals surface area contributed by atoms with Crippen LogP contribution in [0.5, 0.6) is 0 Å². The minimum absolute atomic E-state index is 0.426. The van der Waals surface area contributed by atoms with E-state index in [9.17, 15) is 5.11 Å². The summed E-state index contributed by atoms with van der Waals surface area (Å²) >= 11 is 0. The lowest BCUT2D eigenvalue weighted by Crippen LogP contribution is -2.17. The Bertz CT molecular complexity index is 362. The van der Waals surface area contributed by atoms with Crippen LogP contribution in [0.15, 0.2) is 12.1 Å². The van der Waals surface area contributed by atoms with Gasteiger partial charge >= 0.3 is 0 Å². The Hall–Kier alpha value is -1.02. The van der Waals surface area contributed by atoms with Gasteiger partial charge in [-0.15, -0.1) is 0 Å². The summed E-state index contributed by atoms with van der Waals surface area (Å²) in [7, 11) is 0. The molecule has 2 heteroatoms. The summed E-state index contributed by atoms with van der Waals surface area (Å²) in [5, 5.41) is 9.95. The first kappa shape index (κ1) is 12.1. The van der Waals surface area contributed by atoms with Gasteiger partial charge in [-0.3, -0.25) is 0 Å². The van der Waals surface area contributed by atoms with Gasteiger partial charge in [0.25, 0.3) is 0 Å². The van der Waals surface area contributed by atoms with Crippen molar-refractivity contribution in [1.29, 1.82) is 0 Å². The molecule has 0 spiro atoms. The van der Waals surface area contributed by atoms with Gasteiger partial charge in [0.2, 0.25) is 0 Å². The standard InChI is InChI=1S/C13H21NO/c1-8(2)11-6-10(13(4,5)15)7-12(14)9(11)3/h6-8,15H,14H2,1-5H3. The zero-order valence-electron chi connectivity index (χ0n) is 10.3. The highest BCUT2D eigenvalue weighted by molar-refractivity contribution is 5.54. The Morgan fingerprint density at radius 1 is 1.27 bits per heavy atom. The lowest BCUT2D eigenvalue weighted by atomic mass is 9.89. The van der Waals surface area contributed by atoms with Gasteiger partial charge in [0.15, 0.2) is 0 Å². The molecule has 0 saturated carbocycles. The lowest BCUT2D eigenvalue weighted by Gasteiger charge is -2.22. The second kappa shape index (κ2) is 3.86. The average molecular weight is 207 g/mol. The third-order valence-corrected chi connectivity index (χ3v) is 2.82. The highest BCUT2D eigenvalue weighted by Gasteiger charge is 2.19. The highest BCUT2D eigenvalue weighted by Crippen LogP contribution is 2.30. The molecule has 84 valence electrons. The Labute approximate surface area is 92.1 Å². The molecule has 15 heavy (non-hydrogen) atoms. The second-order valence-corrected chi connectivity index (χ2v) is 4.99. The maximum absolute atomic E-state index is 9.95. The number of hydrogen-bond donors (Lipinski definition) is 2. The molecule has 0 fully saturated rings. The van der Waals surface area contributed by atoms with Gasteiger partial charge in [-0.2, -0.15) is 0 Å². The van der Waals surface area contributed by atoms with Gasteiger partial charge in [0.05, 0.1) is 5.60 Å². The summed E-state index contributed by atoms with van der Waals surface area (Å²) in [6.45, 7) is 9.85. The normalized spacial score (nSPS) is 12.2. The van der Waals surface area contributed by atoms with Crippen LogP contribution in [0.4, 0.5) is 5.69 Å². The zero-order valence-corrected chi connectivity index (χ0v) is 10.3. The number of rotatable bonds is 2. The second-order valence-electron chi connectivity index (χ2n) is 4.99. The van der Waals surface area contributed by atoms with Crippen LogP contribution in [0.25, 0.3) is 0 Å². The van der Waals surface area contributed by atoms with Crippen LogP contribution in [0.2, 0.25) is 0 Å². The molecule has 0 radical (unpaired) electrons. The number of anilines is 1. The predicted octanol–water partition coefficient (Wildman–Crippen LogP) is 2.93. The summed E-state index contributed by atoms with van der Waals surface area (Å²) in [6, 6.07) is 3.91. The molecule has 0 aliphatic carbocycles. The molecule has 1 aromatic rings. The Balaban J connectivity index is 3.36. The zero-order chi connectivity index (χ0) is 11.8. The molecular weight excluding hydrogens is 186 g/mol. The maximum atomic E-state index is 9.95. The maximum Gasteiger partial charge on any atom is 0.0841 e. The van der Waals surface area contributed by atoms with E-state index in [2.05, 4.69) is 19.9 Å². The van der Waals surface area contributed by atoms with E-state index >= 15 is 0 Å². The van der Waals surface area contributed by atoms with Gasteiger partial charge < -0.3 is 10.8 Å². The summed E-state index contributed by atoms with van der Waals surface area (Å²) in [5.74, 6) is 0.426. The van der Waals surface area contributed by atoms with E-state index in [0.29, 0.717) is 5.92 Å². The van der Waals surface area contributed by atoms with E-state index in [0.717, 1.165) is 16.8 Å². The van der Waals surface area contributed by atoms with Crippen molar-refractivity contribution in [2.24, 2.45) is 0 Å². The fourth-order valence-electron chi connectivity index (χ4n) is 1.71. The van der Waals surface area contributed by atoms with Crippen molar-refractivity contribution in [2.45, 2.75) is 46.1 Å². The van der Waals surface area contributed by atoms with Crippen LogP contribution in [-0.4, -0.2) is 5.11 Å². The molecule has 0 atom stereocenters. The molecule has 0 aromatic heterocycles. The minimum Gasteiger partial charge on any atom is -0.398 e. The molecule has 0 heterocycles. The van der Waals surface area contributed by atoms with Gasteiger partial charge in [-0.1, -0.05) is 19.9 Å². The van der Waals surface area contributed by atoms with Crippen LogP contribution >= 0.6 is 0 Å². The first-order chi connectivity index (χ1) is 6.73. The van der Waals surface area contributed by atoms with Crippen molar-refractivity contribution in [2.75, 3.05) is 5.73 Å². The average Bonchev–Trinajstić information content (AvgIpc) is 2.06. The van der Waals surface area contributed by atoms with Crippen molar-refractivity contribution < 1.29 is 5.11 Å². The number of benzene rings is 1. The van der Waals surface area contributed by atoms with Crippen molar-refractivity contribution in [3.05, 3.63) is 28.8 Å². The molecule has 2 nitrogen and oxygen atoms in total. The van der Waals surface area contributed by atoms with E-state index in [-0.39, 0.29) is 0 Å². The molecule has 0 amide bonds. The number of hydrogen-bond acceptors (Lipinski definition) is 2.